The number of nitrogens with one attached hydrogen (secondary N) is 2. The lowest BCUT2D eigenvalue weighted by atomic mass is 9.94. The number of hydrogen-bond acceptors (Lipinski definition) is 4. The van der Waals surface area contributed by atoms with Gasteiger partial charge in [0.15, 0.2) is 11.8 Å². The van der Waals surface area contributed by atoms with Crippen LogP contribution in [0.2, 0.25) is 0 Å². The second kappa shape index (κ2) is 9.94. The summed E-state index contributed by atoms with van der Waals surface area (Å²) in [5.74, 6) is 2.27. The van der Waals surface area contributed by atoms with Crippen LogP contribution in [0.4, 0.5) is 13.2 Å². The second-order valence-electron chi connectivity index (χ2n) is 8.22. The number of alkyl halides is 3. The molecule has 1 aromatic heterocycles. The van der Waals surface area contributed by atoms with E-state index in [9.17, 15) is 13.2 Å². The van der Waals surface area contributed by atoms with Crippen LogP contribution in [-0.2, 0) is 35.9 Å². The normalized spacial score (nSPS) is 19.7. The van der Waals surface area contributed by atoms with Gasteiger partial charge in [0.05, 0.1) is 12.1 Å². The molecule has 0 radical (unpaired) electrons. The Labute approximate surface area is 202 Å². The van der Waals surface area contributed by atoms with Crippen molar-refractivity contribution in [3.63, 3.8) is 0 Å². The van der Waals surface area contributed by atoms with Gasteiger partial charge in [-0.05, 0) is 30.9 Å². The standard InChI is InChI=1S/C21H27F3N6O.HI/c1-25-19(27-16-6-7-18-28-17(12-31-2)29-30(18)11-16)26-13-20(8-9-20)14-4-3-5-15(10-14)21(22,23)24;/h3-5,10,16H,6-9,11-13H2,1-2H3,(H2,25,26,27);1H. The Morgan fingerprint density at radius 1 is 1.34 bits per heavy atom. The predicted octanol–water partition coefficient (Wildman–Crippen LogP) is 3.27. The van der Waals surface area contributed by atoms with E-state index in [0.717, 1.165) is 43.1 Å². The van der Waals surface area contributed by atoms with Crippen LogP contribution >= 0.6 is 24.0 Å². The molecule has 7 nitrogen and oxygen atoms in total. The van der Waals surface area contributed by atoms with Gasteiger partial charge < -0.3 is 15.4 Å². The van der Waals surface area contributed by atoms with E-state index in [0.29, 0.717) is 31.5 Å². The lowest BCUT2D eigenvalue weighted by Crippen LogP contribution is -2.48. The fourth-order valence-electron chi connectivity index (χ4n) is 4.05. The van der Waals surface area contributed by atoms with E-state index in [1.165, 1.54) is 12.1 Å². The zero-order chi connectivity index (χ0) is 22.1. The molecule has 0 saturated heterocycles. The number of guanidine groups is 1. The number of methoxy groups -OCH3 is 1. The quantitative estimate of drug-likeness (QED) is 0.320. The Morgan fingerprint density at radius 2 is 2.12 bits per heavy atom. The summed E-state index contributed by atoms with van der Waals surface area (Å²) in [6.07, 6.45) is -0.926. The Bertz CT molecular complexity index is 957. The molecule has 2 aliphatic rings. The molecule has 0 bridgehead atoms. The van der Waals surface area contributed by atoms with Gasteiger partial charge in [-0.2, -0.15) is 18.3 Å². The van der Waals surface area contributed by atoms with Crippen molar-refractivity contribution in [1.82, 2.24) is 25.4 Å². The Hall–Kier alpha value is -1.89. The highest BCUT2D eigenvalue weighted by Crippen LogP contribution is 2.48. The summed E-state index contributed by atoms with van der Waals surface area (Å²) in [5, 5.41) is 11.2. The molecule has 1 aromatic carbocycles. The van der Waals surface area contributed by atoms with Gasteiger partial charge in [0.1, 0.15) is 12.4 Å². The first-order valence-electron chi connectivity index (χ1n) is 10.4. The monoisotopic (exact) mass is 564 g/mol. The maximum atomic E-state index is 13.1. The summed E-state index contributed by atoms with van der Waals surface area (Å²) in [5.41, 5.74) is -0.155. The van der Waals surface area contributed by atoms with Crippen LogP contribution in [0.1, 0.15) is 42.0 Å². The van der Waals surface area contributed by atoms with E-state index in [-0.39, 0.29) is 35.4 Å². The van der Waals surface area contributed by atoms with Gasteiger partial charge in [-0.3, -0.25) is 4.99 Å². The van der Waals surface area contributed by atoms with Crippen LogP contribution in [0.5, 0.6) is 0 Å². The van der Waals surface area contributed by atoms with Crippen LogP contribution in [0, 0.1) is 0 Å². The molecule has 1 atom stereocenters. The fraction of sp³-hybridized carbons (Fsp3) is 0.571. The number of ether oxygens (including phenoxy) is 1. The van der Waals surface area contributed by atoms with E-state index in [4.69, 9.17) is 4.74 Å². The molecule has 32 heavy (non-hydrogen) atoms. The lowest BCUT2D eigenvalue weighted by Gasteiger charge is -2.26. The van der Waals surface area contributed by atoms with Crippen LogP contribution in [0.25, 0.3) is 0 Å². The zero-order valence-electron chi connectivity index (χ0n) is 18.1. The first-order valence-corrected chi connectivity index (χ1v) is 10.4. The van der Waals surface area contributed by atoms with Gasteiger partial charge in [-0.25, -0.2) is 9.67 Å². The highest BCUT2D eigenvalue weighted by atomic mass is 127. The largest absolute Gasteiger partial charge is 0.416 e. The van der Waals surface area contributed by atoms with Gasteiger partial charge in [0.2, 0.25) is 0 Å². The van der Waals surface area contributed by atoms with E-state index in [2.05, 4.69) is 25.7 Å². The van der Waals surface area contributed by atoms with Crippen molar-refractivity contribution in [2.45, 2.75) is 56.5 Å². The van der Waals surface area contributed by atoms with Crippen LogP contribution in [-0.4, -0.2) is 47.5 Å². The average Bonchev–Trinajstić information content (AvgIpc) is 3.43. The van der Waals surface area contributed by atoms with Crippen molar-refractivity contribution in [2.75, 3.05) is 20.7 Å². The number of benzene rings is 1. The third-order valence-corrected chi connectivity index (χ3v) is 5.99. The average molecular weight is 564 g/mol. The lowest BCUT2D eigenvalue weighted by molar-refractivity contribution is -0.137. The zero-order valence-corrected chi connectivity index (χ0v) is 20.4. The third-order valence-electron chi connectivity index (χ3n) is 5.99. The number of aromatic nitrogens is 3. The van der Waals surface area contributed by atoms with E-state index in [1.54, 1.807) is 20.2 Å². The summed E-state index contributed by atoms with van der Waals surface area (Å²) >= 11 is 0. The van der Waals surface area contributed by atoms with Crippen molar-refractivity contribution in [2.24, 2.45) is 4.99 Å². The molecule has 1 fully saturated rings. The minimum atomic E-state index is -4.33. The van der Waals surface area contributed by atoms with Crippen LogP contribution in [0.15, 0.2) is 29.3 Å². The molecule has 0 amide bonds. The molecule has 2 N–H and O–H groups in total. The van der Waals surface area contributed by atoms with Crippen molar-refractivity contribution in [3.8, 4) is 0 Å². The molecule has 1 aliphatic carbocycles. The SMILES string of the molecule is CN=C(NCC1(c2cccc(C(F)(F)F)c2)CC1)NC1CCc2nc(COC)nn2C1.I. The minimum absolute atomic E-state index is 0. The minimum Gasteiger partial charge on any atom is -0.377 e. The number of aryl methyl sites for hydroxylation is 1. The van der Waals surface area contributed by atoms with Crippen molar-refractivity contribution in [3.05, 3.63) is 47.0 Å². The van der Waals surface area contributed by atoms with Crippen molar-refractivity contribution < 1.29 is 17.9 Å². The van der Waals surface area contributed by atoms with Gasteiger partial charge in [0, 0.05) is 38.6 Å². The summed E-state index contributed by atoms with van der Waals surface area (Å²) < 4.78 is 46.3. The molecule has 4 rings (SSSR count). The summed E-state index contributed by atoms with van der Waals surface area (Å²) in [7, 11) is 3.31. The highest BCUT2D eigenvalue weighted by molar-refractivity contribution is 14.0. The fourth-order valence-corrected chi connectivity index (χ4v) is 4.05. The molecule has 176 valence electrons. The predicted molar refractivity (Wildman–Crippen MR) is 125 cm³/mol. The van der Waals surface area contributed by atoms with Crippen LogP contribution < -0.4 is 10.6 Å². The molecule has 11 heteroatoms. The van der Waals surface area contributed by atoms with E-state index >= 15 is 0 Å². The van der Waals surface area contributed by atoms with Crippen molar-refractivity contribution in [1.29, 1.82) is 0 Å². The molecule has 1 aliphatic heterocycles. The molecule has 1 unspecified atom stereocenters. The molecule has 1 saturated carbocycles. The van der Waals surface area contributed by atoms with E-state index in [1.807, 2.05) is 4.68 Å². The second-order valence-corrected chi connectivity index (χ2v) is 8.22. The smallest absolute Gasteiger partial charge is 0.377 e. The van der Waals surface area contributed by atoms with Gasteiger partial charge in [-0.1, -0.05) is 18.2 Å². The third kappa shape index (κ3) is 5.53. The van der Waals surface area contributed by atoms with Gasteiger partial charge >= 0.3 is 6.18 Å². The summed E-state index contributed by atoms with van der Waals surface area (Å²) in [6.45, 7) is 1.59. The number of rotatable bonds is 6. The maximum absolute atomic E-state index is 13.1. The topological polar surface area (TPSA) is 76.4 Å². The molecule has 2 aromatic rings. The van der Waals surface area contributed by atoms with Crippen molar-refractivity contribution >= 4 is 29.9 Å². The number of nitrogens with zero attached hydrogens (tertiary/aromatic N) is 4. The first-order chi connectivity index (χ1) is 14.8. The van der Waals surface area contributed by atoms with E-state index < -0.39 is 11.7 Å². The molecular weight excluding hydrogens is 536 g/mol. The number of fused-ring (bicyclic) bond motifs is 1. The number of aliphatic imine (C=N–C) groups is 1. The summed E-state index contributed by atoms with van der Waals surface area (Å²) in [4.78, 5) is 8.79. The van der Waals surface area contributed by atoms with Gasteiger partial charge in [0.25, 0.3) is 0 Å². The summed E-state index contributed by atoms with van der Waals surface area (Å²) in [6, 6.07) is 5.80. The molecule has 0 spiro atoms. The van der Waals surface area contributed by atoms with Crippen LogP contribution in [0.3, 0.4) is 0 Å². The number of halogens is 4. The Kier molecular flexibility index (Phi) is 7.69. The maximum Gasteiger partial charge on any atom is 0.416 e. The first kappa shape index (κ1) is 24.7. The number of hydrogen-bond donors (Lipinski definition) is 2. The molecule has 2 heterocycles. The highest BCUT2D eigenvalue weighted by Gasteiger charge is 2.45. The Balaban J connectivity index is 0.00000289. The molecular formula is C21H28F3IN6O. The van der Waals surface area contributed by atoms with Gasteiger partial charge in [-0.15, -0.1) is 24.0 Å². The Morgan fingerprint density at radius 3 is 2.78 bits per heavy atom.